The molecule has 1 N–H and O–H groups in total. The molecule has 1 heterocycles. The molecule has 0 aliphatic carbocycles. The van der Waals surface area contributed by atoms with E-state index in [1.165, 1.54) is 0 Å². The van der Waals surface area contributed by atoms with Crippen molar-refractivity contribution in [2.45, 2.75) is 6.42 Å². The molecule has 3 aromatic rings. The lowest BCUT2D eigenvalue weighted by molar-refractivity contribution is 0.0992. The molecule has 3 nitrogen and oxygen atoms in total. The molecule has 0 unspecified atom stereocenters. The Morgan fingerprint density at radius 1 is 1.11 bits per heavy atom. The SMILES string of the molecule is O=C(Cc1ncc[nH]1)c1cccc2ccccc12. The van der Waals surface area contributed by atoms with Crippen molar-refractivity contribution in [2.75, 3.05) is 0 Å². The average Bonchev–Trinajstić information content (AvgIpc) is 2.91. The van der Waals surface area contributed by atoms with Crippen molar-refractivity contribution in [3.8, 4) is 0 Å². The lowest BCUT2D eigenvalue weighted by Gasteiger charge is -2.04. The fourth-order valence-corrected chi connectivity index (χ4v) is 2.11. The van der Waals surface area contributed by atoms with Crippen molar-refractivity contribution in [1.82, 2.24) is 9.97 Å². The predicted octanol–water partition coefficient (Wildman–Crippen LogP) is 2.99. The second-order valence-electron chi connectivity index (χ2n) is 4.16. The number of carbonyl (C=O) groups excluding carboxylic acids is 1. The molecular formula is C15H12N2O. The van der Waals surface area contributed by atoms with Crippen molar-refractivity contribution in [3.63, 3.8) is 0 Å². The van der Waals surface area contributed by atoms with E-state index in [0.29, 0.717) is 12.2 Å². The van der Waals surface area contributed by atoms with Crippen molar-refractivity contribution in [2.24, 2.45) is 0 Å². The first kappa shape index (κ1) is 10.7. The molecule has 0 saturated carbocycles. The summed E-state index contributed by atoms with van der Waals surface area (Å²) in [7, 11) is 0. The Kier molecular flexibility index (Phi) is 2.65. The van der Waals surface area contributed by atoms with Gasteiger partial charge in [0.25, 0.3) is 0 Å². The van der Waals surface area contributed by atoms with Crippen LogP contribution in [-0.2, 0) is 6.42 Å². The van der Waals surface area contributed by atoms with Crippen LogP contribution in [0.2, 0.25) is 0 Å². The summed E-state index contributed by atoms with van der Waals surface area (Å²) in [6, 6.07) is 13.7. The highest BCUT2D eigenvalue weighted by molar-refractivity contribution is 6.08. The van der Waals surface area contributed by atoms with Crippen LogP contribution >= 0.6 is 0 Å². The Labute approximate surface area is 104 Å². The number of carbonyl (C=O) groups is 1. The molecule has 0 amide bonds. The van der Waals surface area contributed by atoms with E-state index in [1.54, 1.807) is 12.4 Å². The van der Waals surface area contributed by atoms with Crippen LogP contribution in [0.25, 0.3) is 10.8 Å². The molecule has 18 heavy (non-hydrogen) atoms. The van der Waals surface area contributed by atoms with E-state index in [0.717, 1.165) is 16.3 Å². The van der Waals surface area contributed by atoms with Gasteiger partial charge in [-0.1, -0.05) is 42.5 Å². The number of Topliss-reactive ketones (excluding diaryl/α,β-unsaturated/α-hetero) is 1. The molecule has 0 bridgehead atoms. The maximum Gasteiger partial charge on any atom is 0.170 e. The standard InChI is InChI=1S/C15H12N2O/c18-14(10-15-16-8-9-17-15)13-7-3-5-11-4-1-2-6-12(11)13/h1-9H,10H2,(H,16,17). The zero-order valence-corrected chi connectivity index (χ0v) is 9.76. The Bertz CT molecular complexity index is 681. The zero-order chi connectivity index (χ0) is 12.4. The van der Waals surface area contributed by atoms with Gasteiger partial charge in [-0.05, 0) is 10.8 Å². The van der Waals surface area contributed by atoms with Crippen LogP contribution in [0, 0.1) is 0 Å². The van der Waals surface area contributed by atoms with Crippen LogP contribution in [0.1, 0.15) is 16.2 Å². The molecule has 88 valence electrons. The number of rotatable bonds is 3. The maximum absolute atomic E-state index is 12.3. The third-order valence-corrected chi connectivity index (χ3v) is 2.97. The lowest BCUT2D eigenvalue weighted by atomic mass is 10.00. The molecule has 2 aromatic carbocycles. The summed E-state index contributed by atoms with van der Waals surface area (Å²) in [6.07, 6.45) is 3.69. The van der Waals surface area contributed by atoms with Crippen LogP contribution in [0.3, 0.4) is 0 Å². The van der Waals surface area contributed by atoms with Crippen LogP contribution in [-0.4, -0.2) is 15.8 Å². The number of hydrogen-bond donors (Lipinski definition) is 1. The highest BCUT2D eigenvalue weighted by Gasteiger charge is 2.11. The first-order chi connectivity index (χ1) is 8.84. The summed E-state index contributed by atoms with van der Waals surface area (Å²) >= 11 is 0. The fraction of sp³-hybridized carbons (Fsp3) is 0.0667. The minimum absolute atomic E-state index is 0.0850. The van der Waals surface area contributed by atoms with E-state index < -0.39 is 0 Å². The van der Waals surface area contributed by atoms with Crippen LogP contribution in [0.15, 0.2) is 54.9 Å². The molecule has 3 heteroatoms. The zero-order valence-electron chi connectivity index (χ0n) is 9.76. The fourth-order valence-electron chi connectivity index (χ4n) is 2.11. The van der Waals surface area contributed by atoms with E-state index in [9.17, 15) is 4.79 Å². The van der Waals surface area contributed by atoms with E-state index in [4.69, 9.17) is 0 Å². The molecule has 1 aromatic heterocycles. The van der Waals surface area contributed by atoms with Crippen LogP contribution < -0.4 is 0 Å². The first-order valence-electron chi connectivity index (χ1n) is 5.84. The van der Waals surface area contributed by atoms with E-state index >= 15 is 0 Å². The number of nitrogens with zero attached hydrogens (tertiary/aromatic N) is 1. The van der Waals surface area contributed by atoms with Gasteiger partial charge in [-0.2, -0.15) is 0 Å². The largest absolute Gasteiger partial charge is 0.348 e. The Morgan fingerprint density at radius 2 is 1.94 bits per heavy atom. The van der Waals surface area contributed by atoms with Gasteiger partial charge in [0.15, 0.2) is 5.78 Å². The molecule has 0 aliphatic heterocycles. The Hall–Kier alpha value is -2.42. The molecule has 0 aliphatic rings. The molecule has 0 saturated heterocycles. The molecule has 0 spiro atoms. The van der Waals surface area contributed by atoms with E-state index in [-0.39, 0.29) is 5.78 Å². The third-order valence-electron chi connectivity index (χ3n) is 2.97. The molecular weight excluding hydrogens is 224 g/mol. The molecule has 0 radical (unpaired) electrons. The number of aromatic nitrogens is 2. The topological polar surface area (TPSA) is 45.8 Å². The normalized spacial score (nSPS) is 10.7. The highest BCUT2D eigenvalue weighted by atomic mass is 16.1. The van der Waals surface area contributed by atoms with E-state index in [2.05, 4.69) is 9.97 Å². The Balaban J connectivity index is 2.01. The maximum atomic E-state index is 12.3. The minimum Gasteiger partial charge on any atom is -0.348 e. The number of aromatic amines is 1. The summed E-state index contributed by atoms with van der Waals surface area (Å²) in [6.45, 7) is 0. The summed E-state index contributed by atoms with van der Waals surface area (Å²) in [4.78, 5) is 19.3. The number of H-pyrrole nitrogens is 1. The first-order valence-corrected chi connectivity index (χ1v) is 5.84. The van der Waals surface area contributed by atoms with Gasteiger partial charge in [-0.15, -0.1) is 0 Å². The number of fused-ring (bicyclic) bond motifs is 1. The highest BCUT2D eigenvalue weighted by Crippen LogP contribution is 2.19. The Morgan fingerprint density at radius 3 is 2.78 bits per heavy atom. The lowest BCUT2D eigenvalue weighted by Crippen LogP contribution is -2.05. The summed E-state index contributed by atoms with van der Waals surface area (Å²) in [5, 5.41) is 2.08. The predicted molar refractivity (Wildman–Crippen MR) is 70.6 cm³/mol. The van der Waals surface area contributed by atoms with Gasteiger partial charge in [0.2, 0.25) is 0 Å². The van der Waals surface area contributed by atoms with Crippen molar-refractivity contribution < 1.29 is 4.79 Å². The monoisotopic (exact) mass is 236 g/mol. The van der Waals surface area contributed by atoms with Gasteiger partial charge in [0.1, 0.15) is 5.82 Å². The summed E-state index contributed by atoms with van der Waals surface area (Å²) in [5.41, 5.74) is 0.754. The van der Waals surface area contributed by atoms with Gasteiger partial charge in [0.05, 0.1) is 6.42 Å². The van der Waals surface area contributed by atoms with Gasteiger partial charge < -0.3 is 4.98 Å². The van der Waals surface area contributed by atoms with Crippen molar-refractivity contribution >= 4 is 16.6 Å². The van der Waals surface area contributed by atoms with Gasteiger partial charge in [-0.3, -0.25) is 4.79 Å². The van der Waals surface area contributed by atoms with Crippen LogP contribution in [0.5, 0.6) is 0 Å². The van der Waals surface area contributed by atoms with E-state index in [1.807, 2.05) is 42.5 Å². The molecule has 0 atom stereocenters. The van der Waals surface area contributed by atoms with Crippen LogP contribution in [0.4, 0.5) is 0 Å². The smallest absolute Gasteiger partial charge is 0.170 e. The number of nitrogens with one attached hydrogen (secondary N) is 1. The van der Waals surface area contributed by atoms with Gasteiger partial charge >= 0.3 is 0 Å². The van der Waals surface area contributed by atoms with Crippen molar-refractivity contribution in [1.29, 1.82) is 0 Å². The quantitative estimate of drug-likeness (QED) is 0.710. The third kappa shape index (κ3) is 1.91. The average molecular weight is 236 g/mol. The number of hydrogen-bond acceptors (Lipinski definition) is 2. The van der Waals surface area contributed by atoms with Gasteiger partial charge in [0, 0.05) is 18.0 Å². The summed E-state index contributed by atoms with van der Waals surface area (Å²) in [5.74, 6) is 0.787. The number of imidazole rings is 1. The van der Waals surface area contributed by atoms with Crippen molar-refractivity contribution in [3.05, 3.63) is 66.2 Å². The minimum atomic E-state index is 0.0850. The second kappa shape index (κ2) is 4.45. The second-order valence-corrected chi connectivity index (χ2v) is 4.16. The number of benzene rings is 2. The van der Waals surface area contributed by atoms with Gasteiger partial charge in [-0.25, -0.2) is 4.98 Å². The summed E-state index contributed by atoms with van der Waals surface area (Å²) < 4.78 is 0. The number of ketones is 1. The molecule has 3 rings (SSSR count). The molecule has 0 fully saturated rings.